The highest BCUT2D eigenvalue weighted by atomic mass is 35.5. The predicted octanol–water partition coefficient (Wildman–Crippen LogP) is 1.96. The maximum Gasteiger partial charge on any atom is 0.287 e. The molecule has 0 spiro atoms. The first-order valence-electron chi connectivity index (χ1n) is 4.23. The summed E-state index contributed by atoms with van der Waals surface area (Å²) in [4.78, 5) is 0. The molecule has 0 bridgehead atoms. The van der Waals surface area contributed by atoms with Gasteiger partial charge in [-0.05, 0) is 12.1 Å². The Morgan fingerprint density at radius 1 is 1.47 bits per heavy atom. The van der Waals surface area contributed by atoms with Gasteiger partial charge in [0.15, 0.2) is 0 Å². The summed E-state index contributed by atoms with van der Waals surface area (Å²) in [5, 5.41) is 11.1. The number of alkyl halides is 2. The highest BCUT2D eigenvalue weighted by Gasteiger charge is 2.27. The van der Waals surface area contributed by atoms with Gasteiger partial charge < -0.3 is 16.2 Å². The van der Waals surface area contributed by atoms with E-state index in [1.807, 2.05) is 0 Å². The van der Waals surface area contributed by atoms with Gasteiger partial charge in [-0.25, -0.2) is 8.78 Å². The maximum atomic E-state index is 12.7. The summed E-state index contributed by atoms with van der Waals surface area (Å²) in [5.41, 5.74) is 6.10. The zero-order valence-electron chi connectivity index (χ0n) is 7.80. The van der Waals surface area contributed by atoms with Crippen molar-refractivity contribution in [2.45, 2.75) is 5.92 Å². The van der Waals surface area contributed by atoms with E-state index in [2.05, 4.69) is 5.32 Å². The van der Waals surface area contributed by atoms with E-state index in [9.17, 15) is 8.78 Å². The van der Waals surface area contributed by atoms with Gasteiger partial charge >= 0.3 is 0 Å². The quantitative estimate of drug-likeness (QED) is 0.701. The number of hydrogen-bond acceptors (Lipinski definition) is 3. The molecule has 0 amide bonds. The Bertz CT molecular complexity index is 347. The summed E-state index contributed by atoms with van der Waals surface area (Å²) in [6.07, 6.45) is 0. The van der Waals surface area contributed by atoms with Crippen molar-refractivity contribution in [3.63, 3.8) is 0 Å². The van der Waals surface area contributed by atoms with Crippen LogP contribution in [0.25, 0.3) is 0 Å². The smallest absolute Gasteiger partial charge is 0.287 e. The molecular weight excluding hydrogens is 226 g/mol. The number of nitrogens with one attached hydrogen (secondary N) is 1. The maximum absolute atomic E-state index is 12.7. The van der Waals surface area contributed by atoms with E-state index in [1.165, 1.54) is 6.07 Å². The van der Waals surface area contributed by atoms with Gasteiger partial charge in [-0.1, -0.05) is 17.7 Å². The van der Waals surface area contributed by atoms with E-state index in [0.717, 1.165) is 0 Å². The summed E-state index contributed by atoms with van der Waals surface area (Å²) in [6.45, 7) is -1.89. The molecule has 1 aromatic carbocycles. The van der Waals surface area contributed by atoms with Crippen molar-refractivity contribution in [2.24, 2.45) is 0 Å². The fourth-order valence-electron chi connectivity index (χ4n) is 0.972. The van der Waals surface area contributed by atoms with E-state index >= 15 is 0 Å². The number of aliphatic hydroxyl groups excluding tert-OH is 1. The van der Waals surface area contributed by atoms with Crippen LogP contribution < -0.4 is 11.1 Å². The number of para-hydroxylation sites is 1. The molecule has 0 atom stereocenters. The molecule has 6 heteroatoms. The number of halogens is 3. The minimum Gasteiger partial charge on any atom is -0.396 e. The van der Waals surface area contributed by atoms with Gasteiger partial charge in [-0.3, -0.25) is 0 Å². The van der Waals surface area contributed by atoms with E-state index in [1.54, 1.807) is 12.1 Å². The SMILES string of the molecule is Nc1c(Cl)cccc1NCC(F)(F)CO. The van der Waals surface area contributed by atoms with E-state index in [4.69, 9.17) is 22.4 Å². The number of nitrogen functional groups attached to an aromatic ring is 1. The second kappa shape index (κ2) is 4.63. The molecule has 15 heavy (non-hydrogen) atoms. The van der Waals surface area contributed by atoms with Gasteiger partial charge in [-0.2, -0.15) is 0 Å². The molecule has 0 aromatic heterocycles. The lowest BCUT2D eigenvalue weighted by Crippen LogP contribution is -2.31. The molecule has 4 N–H and O–H groups in total. The molecule has 0 aliphatic heterocycles. The van der Waals surface area contributed by atoms with Crippen LogP contribution in [0.3, 0.4) is 0 Å². The van der Waals surface area contributed by atoms with Crippen LogP contribution in [0.2, 0.25) is 5.02 Å². The van der Waals surface area contributed by atoms with Gasteiger partial charge in [0.1, 0.15) is 6.61 Å². The molecule has 0 radical (unpaired) electrons. The lowest BCUT2D eigenvalue weighted by atomic mass is 10.2. The van der Waals surface area contributed by atoms with Crippen LogP contribution in [0.5, 0.6) is 0 Å². The first-order chi connectivity index (χ1) is 6.96. The van der Waals surface area contributed by atoms with Crippen molar-refractivity contribution in [1.29, 1.82) is 0 Å². The second-order valence-corrected chi connectivity index (χ2v) is 3.48. The fraction of sp³-hybridized carbons (Fsp3) is 0.333. The molecule has 0 unspecified atom stereocenters. The molecule has 84 valence electrons. The first kappa shape index (κ1) is 12.0. The third-order valence-electron chi connectivity index (χ3n) is 1.82. The van der Waals surface area contributed by atoms with Crippen molar-refractivity contribution in [2.75, 3.05) is 24.2 Å². The number of benzene rings is 1. The Balaban J connectivity index is 2.70. The normalized spacial score (nSPS) is 11.5. The highest BCUT2D eigenvalue weighted by Crippen LogP contribution is 2.27. The zero-order valence-corrected chi connectivity index (χ0v) is 8.56. The standard InChI is InChI=1S/C9H11ClF2N2O/c10-6-2-1-3-7(8(6)13)14-4-9(11,12)5-15/h1-3,14-15H,4-5,13H2. The van der Waals surface area contributed by atoms with Crippen LogP contribution in [0, 0.1) is 0 Å². The molecular formula is C9H11ClF2N2O. The largest absolute Gasteiger partial charge is 0.396 e. The molecule has 0 saturated heterocycles. The number of aliphatic hydroxyl groups is 1. The Hall–Kier alpha value is -1.07. The summed E-state index contributed by atoms with van der Waals surface area (Å²) in [5.74, 6) is -3.17. The molecule has 1 aromatic rings. The number of nitrogens with two attached hydrogens (primary N) is 1. The second-order valence-electron chi connectivity index (χ2n) is 3.07. The third-order valence-corrected chi connectivity index (χ3v) is 2.15. The summed E-state index contributed by atoms with van der Waals surface area (Å²) < 4.78 is 25.4. The van der Waals surface area contributed by atoms with Gasteiger partial charge in [-0.15, -0.1) is 0 Å². The Labute approximate surface area is 90.8 Å². The zero-order chi connectivity index (χ0) is 11.5. The molecule has 0 fully saturated rings. The minimum absolute atomic E-state index is 0.216. The van der Waals surface area contributed by atoms with Crippen molar-refractivity contribution >= 4 is 23.0 Å². The average Bonchev–Trinajstić information content (AvgIpc) is 2.20. The van der Waals surface area contributed by atoms with Crippen molar-refractivity contribution in [3.05, 3.63) is 23.2 Å². The van der Waals surface area contributed by atoms with Gasteiger partial charge in [0.25, 0.3) is 5.92 Å². The van der Waals surface area contributed by atoms with Gasteiger partial charge in [0, 0.05) is 0 Å². The number of rotatable bonds is 4. The topological polar surface area (TPSA) is 58.3 Å². The van der Waals surface area contributed by atoms with E-state index < -0.39 is 19.1 Å². The van der Waals surface area contributed by atoms with Gasteiger partial charge in [0.05, 0.1) is 22.9 Å². The summed E-state index contributed by atoms with van der Waals surface area (Å²) in [7, 11) is 0. The highest BCUT2D eigenvalue weighted by molar-refractivity contribution is 6.33. The van der Waals surface area contributed by atoms with Gasteiger partial charge in [0.2, 0.25) is 0 Å². The Kier molecular flexibility index (Phi) is 3.71. The lowest BCUT2D eigenvalue weighted by Gasteiger charge is -2.16. The average molecular weight is 237 g/mol. The number of hydrogen-bond donors (Lipinski definition) is 3. The summed E-state index contributed by atoms with van der Waals surface area (Å²) >= 11 is 5.70. The lowest BCUT2D eigenvalue weighted by molar-refractivity contribution is -0.0372. The predicted molar refractivity (Wildman–Crippen MR) is 56.4 cm³/mol. The van der Waals surface area contributed by atoms with E-state index in [0.29, 0.717) is 10.7 Å². The van der Waals surface area contributed by atoms with Crippen LogP contribution in [0.1, 0.15) is 0 Å². The molecule has 1 rings (SSSR count). The van der Waals surface area contributed by atoms with Crippen molar-refractivity contribution in [1.82, 2.24) is 0 Å². The fourth-order valence-corrected chi connectivity index (χ4v) is 1.15. The molecule has 0 aliphatic rings. The number of anilines is 2. The Morgan fingerprint density at radius 2 is 2.13 bits per heavy atom. The summed E-state index contributed by atoms with van der Waals surface area (Å²) in [6, 6.07) is 4.69. The third kappa shape index (κ3) is 3.21. The molecule has 0 saturated carbocycles. The molecule has 0 heterocycles. The van der Waals surface area contributed by atoms with Crippen LogP contribution in [0.4, 0.5) is 20.2 Å². The minimum atomic E-state index is -3.17. The first-order valence-corrected chi connectivity index (χ1v) is 4.60. The van der Waals surface area contributed by atoms with Crippen molar-refractivity contribution in [3.8, 4) is 0 Å². The Morgan fingerprint density at radius 3 is 2.73 bits per heavy atom. The van der Waals surface area contributed by atoms with Crippen LogP contribution in [-0.2, 0) is 0 Å². The molecule has 3 nitrogen and oxygen atoms in total. The van der Waals surface area contributed by atoms with E-state index in [-0.39, 0.29) is 5.69 Å². The van der Waals surface area contributed by atoms with Crippen LogP contribution in [-0.4, -0.2) is 24.2 Å². The van der Waals surface area contributed by atoms with Crippen LogP contribution in [0.15, 0.2) is 18.2 Å². The molecule has 0 aliphatic carbocycles. The monoisotopic (exact) mass is 236 g/mol. The van der Waals surface area contributed by atoms with Crippen LogP contribution >= 0.6 is 11.6 Å². The van der Waals surface area contributed by atoms with Crippen molar-refractivity contribution < 1.29 is 13.9 Å².